The molecule has 0 fully saturated rings. The van der Waals surface area contributed by atoms with Crippen LogP contribution in [0, 0.1) is 0 Å². The molecule has 1 aliphatic carbocycles. The molecule has 1 atom stereocenters. The predicted molar refractivity (Wildman–Crippen MR) is 143 cm³/mol. The minimum absolute atomic E-state index is 0.0579. The van der Waals surface area contributed by atoms with Gasteiger partial charge in [0.25, 0.3) is 0 Å². The van der Waals surface area contributed by atoms with Crippen LogP contribution in [-0.4, -0.2) is 29.9 Å². The summed E-state index contributed by atoms with van der Waals surface area (Å²) in [6, 6.07) is 16.7. The quantitative estimate of drug-likeness (QED) is 0.134. The second kappa shape index (κ2) is 12.7. The summed E-state index contributed by atoms with van der Waals surface area (Å²) < 4.78 is 6.02. The van der Waals surface area contributed by atoms with Gasteiger partial charge in [-0.15, -0.1) is 0 Å². The summed E-state index contributed by atoms with van der Waals surface area (Å²) in [5.74, 6) is -0.943. The lowest BCUT2D eigenvalue weighted by Crippen LogP contribution is -2.24. The van der Waals surface area contributed by atoms with Gasteiger partial charge in [0.2, 0.25) is 0 Å². The Morgan fingerprint density at radius 1 is 0.806 bits per heavy atom. The van der Waals surface area contributed by atoms with Gasteiger partial charge in [-0.3, -0.25) is 19.2 Å². The second-order valence-corrected chi connectivity index (χ2v) is 10.0. The van der Waals surface area contributed by atoms with Gasteiger partial charge in [0.05, 0.1) is 0 Å². The molecule has 0 aromatic heterocycles. The van der Waals surface area contributed by atoms with Gasteiger partial charge in [0, 0.05) is 44.7 Å². The van der Waals surface area contributed by atoms with Gasteiger partial charge in [-0.2, -0.15) is 0 Å². The lowest BCUT2D eigenvalue weighted by molar-refractivity contribution is -0.142. The van der Waals surface area contributed by atoms with E-state index in [0.29, 0.717) is 40.7 Å². The summed E-state index contributed by atoms with van der Waals surface area (Å²) in [6.45, 7) is 4.90. The number of Topliss-reactive ketones (excluding diaryl/α,β-unsaturated/α-hetero) is 3. The molecule has 0 spiro atoms. The largest absolute Gasteiger partial charge is 0.457 e. The van der Waals surface area contributed by atoms with Crippen LogP contribution in [0.3, 0.4) is 0 Å². The maximum absolute atomic E-state index is 13.2. The Kier molecular flexibility index (Phi) is 9.71. The molecule has 2 aromatic carbocycles. The van der Waals surface area contributed by atoms with E-state index < -0.39 is 5.97 Å². The molecule has 0 amide bonds. The first kappa shape index (κ1) is 27.5. The standard InChI is InChI=1S/C30H31BrO5/c1-19-20(2)30(35)28(21(3)29(19)34)25(22-10-6-4-7-11-22)12-8-5-9-13-27(33)36-18-26(32)23-14-16-24(31)17-15-23/h4,6-7,10-11,14-17,25H,5,8-9,12-13,18H2,1-3H3/t25-/m1/s1. The van der Waals surface area contributed by atoms with Gasteiger partial charge in [0.15, 0.2) is 24.0 Å². The number of carbonyl (C=O) groups excluding carboxylic acids is 4. The Morgan fingerprint density at radius 2 is 1.44 bits per heavy atom. The normalized spacial score (nSPS) is 14.8. The van der Waals surface area contributed by atoms with Crippen molar-refractivity contribution in [2.45, 2.75) is 58.8 Å². The Morgan fingerprint density at radius 3 is 2.11 bits per heavy atom. The number of carbonyl (C=O) groups is 4. The van der Waals surface area contributed by atoms with Gasteiger partial charge in [-0.25, -0.2) is 0 Å². The first-order valence-electron chi connectivity index (χ1n) is 12.2. The number of halogens is 1. The lowest BCUT2D eigenvalue weighted by atomic mass is 9.76. The highest BCUT2D eigenvalue weighted by Crippen LogP contribution is 2.37. The molecule has 2 aromatic rings. The summed E-state index contributed by atoms with van der Waals surface area (Å²) in [5, 5.41) is 0. The van der Waals surface area contributed by atoms with E-state index in [1.807, 2.05) is 30.3 Å². The molecule has 188 valence electrons. The minimum Gasteiger partial charge on any atom is -0.457 e. The number of hydrogen-bond acceptors (Lipinski definition) is 5. The molecule has 5 nitrogen and oxygen atoms in total. The van der Waals surface area contributed by atoms with Crippen molar-refractivity contribution in [1.29, 1.82) is 0 Å². The van der Waals surface area contributed by atoms with Crippen LogP contribution in [0.25, 0.3) is 0 Å². The van der Waals surface area contributed by atoms with Crippen LogP contribution in [-0.2, 0) is 19.1 Å². The summed E-state index contributed by atoms with van der Waals surface area (Å²) in [6.07, 6.45) is 3.09. The number of ether oxygens (including phenoxy) is 1. The first-order chi connectivity index (χ1) is 17.2. The third kappa shape index (κ3) is 6.76. The molecule has 36 heavy (non-hydrogen) atoms. The summed E-state index contributed by atoms with van der Waals surface area (Å²) in [5.41, 5.74) is 3.65. The van der Waals surface area contributed by atoms with Crippen molar-refractivity contribution in [1.82, 2.24) is 0 Å². The van der Waals surface area contributed by atoms with Crippen LogP contribution < -0.4 is 0 Å². The Labute approximate surface area is 220 Å². The molecule has 0 radical (unpaired) electrons. The highest BCUT2D eigenvalue weighted by atomic mass is 79.9. The van der Waals surface area contributed by atoms with Crippen molar-refractivity contribution in [3.63, 3.8) is 0 Å². The fourth-order valence-corrected chi connectivity index (χ4v) is 4.70. The van der Waals surface area contributed by atoms with Crippen molar-refractivity contribution in [3.8, 4) is 0 Å². The maximum Gasteiger partial charge on any atom is 0.306 e. The third-order valence-corrected chi connectivity index (χ3v) is 7.22. The van der Waals surface area contributed by atoms with Gasteiger partial charge in [0.1, 0.15) is 0 Å². The lowest BCUT2D eigenvalue weighted by Gasteiger charge is -2.26. The zero-order valence-corrected chi connectivity index (χ0v) is 22.5. The average molecular weight is 551 g/mol. The highest BCUT2D eigenvalue weighted by Gasteiger charge is 2.33. The van der Waals surface area contributed by atoms with Crippen molar-refractivity contribution in [2.75, 3.05) is 6.61 Å². The van der Waals surface area contributed by atoms with E-state index in [-0.39, 0.29) is 36.3 Å². The minimum atomic E-state index is -0.400. The molecule has 0 heterocycles. The SMILES string of the molecule is CC1=C(C)C(=O)C([C@H](CCCCCC(=O)OCC(=O)c2ccc(Br)cc2)c2ccccc2)=C(C)C1=O. The molecular formula is C30H31BrO5. The van der Waals surface area contributed by atoms with Crippen LogP contribution in [0.15, 0.2) is 81.4 Å². The van der Waals surface area contributed by atoms with E-state index >= 15 is 0 Å². The van der Waals surface area contributed by atoms with Crippen LogP contribution in [0.1, 0.15) is 74.7 Å². The zero-order chi connectivity index (χ0) is 26.2. The van der Waals surface area contributed by atoms with Crippen LogP contribution >= 0.6 is 15.9 Å². The van der Waals surface area contributed by atoms with Crippen molar-refractivity contribution in [2.24, 2.45) is 0 Å². The molecule has 6 heteroatoms. The van der Waals surface area contributed by atoms with Crippen molar-refractivity contribution >= 4 is 39.2 Å². The van der Waals surface area contributed by atoms with Gasteiger partial charge in [-0.05, 0) is 51.3 Å². The van der Waals surface area contributed by atoms with Crippen LogP contribution in [0.4, 0.5) is 0 Å². The molecule has 0 saturated heterocycles. The molecule has 0 unspecified atom stereocenters. The third-order valence-electron chi connectivity index (χ3n) is 6.69. The number of hydrogen-bond donors (Lipinski definition) is 0. The topological polar surface area (TPSA) is 77.5 Å². The predicted octanol–water partition coefficient (Wildman–Crippen LogP) is 6.71. The number of ketones is 3. The Hall–Kier alpha value is -3.12. The van der Waals surface area contributed by atoms with E-state index in [9.17, 15) is 19.2 Å². The van der Waals surface area contributed by atoms with Gasteiger partial charge in [-0.1, -0.05) is 71.2 Å². The molecule has 0 bridgehead atoms. The van der Waals surface area contributed by atoms with Crippen LogP contribution in [0.5, 0.6) is 0 Å². The summed E-state index contributed by atoms with van der Waals surface area (Å²) in [7, 11) is 0. The van der Waals surface area contributed by atoms with Gasteiger partial charge >= 0.3 is 5.97 Å². The molecule has 0 saturated carbocycles. The number of benzene rings is 2. The molecular weight excluding hydrogens is 520 g/mol. The van der Waals surface area contributed by atoms with E-state index in [2.05, 4.69) is 15.9 Å². The van der Waals surface area contributed by atoms with Crippen molar-refractivity contribution < 1.29 is 23.9 Å². The fourth-order valence-electron chi connectivity index (χ4n) is 4.43. The highest BCUT2D eigenvalue weighted by molar-refractivity contribution is 9.10. The number of allylic oxidation sites excluding steroid dienone is 4. The molecule has 3 rings (SSSR count). The Bertz CT molecular complexity index is 1210. The molecule has 0 aliphatic heterocycles. The Balaban J connectivity index is 1.54. The first-order valence-corrected chi connectivity index (χ1v) is 13.0. The summed E-state index contributed by atoms with van der Waals surface area (Å²) in [4.78, 5) is 50.2. The van der Waals surface area contributed by atoms with Crippen molar-refractivity contribution in [3.05, 3.63) is 92.5 Å². The average Bonchev–Trinajstić information content (AvgIpc) is 2.89. The summed E-state index contributed by atoms with van der Waals surface area (Å²) >= 11 is 3.32. The van der Waals surface area contributed by atoms with Crippen LogP contribution in [0.2, 0.25) is 0 Å². The van der Waals surface area contributed by atoms with E-state index in [0.717, 1.165) is 22.9 Å². The fraction of sp³-hybridized carbons (Fsp3) is 0.333. The zero-order valence-electron chi connectivity index (χ0n) is 20.9. The number of unbranched alkanes of at least 4 members (excludes halogenated alkanes) is 2. The number of esters is 1. The van der Waals surface area contributed by atoms with E-state index in [4.69, 9.17) is 4.74 Å². The molecule has 1 aliphatic rings. The van der Waals surface area contributed by atoms with Gasteiger partial charge < -0.3 is 4.74 Å². The maximum atomic E-state index is 13.2. The van der Waals surface area contributed by atoms with E-state index in [1.165, 1.54) is 0 Å². The number of rotatable bonds is 11. The molecule has 0 N–H and O–H groups in total. The monoisotopic (exact) mass is 550 g/mol. The second-order valence-electron chi connectivity index (χ2n) is 9.10. The van der Waals surface area contributed by atoms with E-state index in [1.54, 1.807) is 45.0 Å². The smallest absolute Gasteiger partial charge is 0.306 e.